The lowest BCUT2D eigenvalue weighted by Gasteiger charge is -2.30. The van der Waals surface area contributed by atoms with Crippen molar-refractivity contribution in [2.24, 2.45) is 5.41 Å². The Hall–Kier alpha value is -1.40. The van der Waals surface area contributed by atoms with E-state index in [0.29, 0.717) is 0 Å². The lowest BCUT2D eigenvalue weighted by atomic mass is 9.74. The highest BCUT2D eigenvalue weighted by molar-refractivity contribution is 5.20. The minimum Gasteiger partial charge on any atom is -0.387 e. The molecule has 0 saturated heterocycles. The van der Waals surface area contributed by atoms with Crippen molar-refractivity contribution < 1.29 is 5.11 Å². The molecule has 3 nitrogen and oxygen atoms in total. The van der Waals surface area contributed by atoms with Gasteiger partial charge in [-0.05, 0) is 30.5 Å². The Kier molecular flexibility index (Phi) is 3.75. The minimum absolute atomic E-state index is 0.599. The van der Waals surface area contributed by atoms with Gasteiger partial charge in [-0.1, -0.05) is 25.7 Å². The molecule has 1 fully saturated rings. The molecule has 90 valence electrons. The summed E-state index contributed by atoms with van der Waals surface area (Å²) >= 11 is 0. The third kappa shape index (κ3) is 2.48. The quantitative estimate of drug-likeness (QED) is 0.794. The second kappa shape index (κ2) is 5.29. The van der Waals surface area contributed by atoms with Crippen LogP contribution in [0.1, 0.15) is 50.2 Å². The molecule has 1 aromatic heterocycles. The summed E-state index contributed by atoms with van der Waals surface area (Å²) in [4.78, 5) is 3.95. The number of hydrogen-bond acceptors (Lipinski definition) is 3. The van der Waals surface area contributed by atoms with Crippen LogP contribution in [0.5, 0.6) is 0 Å². The summed E-state index contributed by atoms with van der Waals surface area (Å²) in [6.45, 7) is 0. The molecule has 0 amide bonds. The van der Waals surface area contributed by atoms with Crippen LogP contribution in [0.2, 0.25) is 0 Å². The fourth-order valence-electron chi connectivity index (χ4n) is 2.67. The lowest BCUT2D eigenvalue weighted by molar-refractivity contribution is 0.0516. The molecule has 1 heterocycles. The first-order valence-corrected chi connectivity index (χ1v) is 6.28. The summed E-state index contributed by atoms with van der Waals surface area (Å²) < 4.78 is 0. The summed E-state index contributed by atoms with van der Waals surface area (Å²) in [6, 6.07) is 5.99. The van der Waals surface area contributed by atoms with Crippen LogP contribution < -0.4 is 0 Å². The molecule has 0 bridgehead atoms. The van der Waals surface area contributed by atoms with E-state index in [-0.39, 0.29) is 0 Å². The van der Waals surface area contributed by atoms with E-state index in [2.05, 4.69) is 11.1 Å². The summed E-state index contributed by atoms with van der Waals surface area (Å²) in [7, 11) is 0. The van der Waals surface area contributed by atoms with Gasteiger partial charge in [-0.2, -0.15) is 5.26 Å². The fourth-order valence-corrected chi connectivity index (χ4v) is 2.67. The molecular weight excluding hydrogens is 212 g/mol. The average Bonchev–Trinajstić information content (AvgIpc) is 2.65. The summed E-state index contributed by atoms with van der Waals surface area (Å²) in [5.41, 5.74) is 0.209. The molecule has 1 unspecified atom stereocenters. The van der Waals surface area contributed by atoms with Crippen molar-refractivity contribution in [1.82, 2.24) is 4.98 Å². The molecule has 0 radical (unpaired) electrons. The second-order valence-electron chi connectivity index (χ2n) is 4.87. The Morgan fingerprint density at radius 3 is 2.29 bits per heavy atom. The number of nitrogens with zero attached hydrogens (tertiary/aromatic N) is 2. The van der Waals surface area contributed by atoms with E-state index in [9.17, 15) is 10.4 Å². The first kappa shape index (κ1) is 12.1. The van der Waals surface area contributed by atoms with Crippen molar-refractivity contribution in [3.8, 4) is 6.07 Å². The van der Waals surface area contributed by atoms with E-state index in [0.717, 1.165) is 31.2 Å². The van der Waals surface area contributed by atoms with Crippen LogP contribution in [0, 0.1) is 16.7 Å². The first-order chi connectivity index (χ1) is 8.28. The van der Waals surface area contributed by atoms with Gasteiger partial charge in [0.05, 0.1) is 17.6 Å². The van der Waals surface area contributed by atoms with E-state index in [4.69, 9.17) is 0 Å². The molecule has 17 heavy (non-hydrogen) atoms. The maximum absolute atomic E-state index is 10.5. The SMILES string of the molecule is N#CC1(C(O)c2ccncc2)CCCCCC1. The van der Waals surface area contributed by atoms with E-state index < -0.39 is 11.5 Å². The van der Waals surface area contributed by atoms with Gasteiger partial charge in [0.25, 0.3) is 0 Å². The van der Waals surface area contributed by atoms with Crippen molar-refractivity contribution in [2.45, 2.75) is 44.6 Å². The molecule has 1 N–H and O–H groups in total. The zero-order valence-electron chi connectivity index (χ0n) is 9.97. The fraction of sp³-hybridized carbons (Fsp3) is 0.571. The van der Waals surface area contributed by atoms with Gasteiger partial charge in [0.1, 0.15) is 0 Å². The van der Waals surface area contributed by atoms with Crippen LogP contribution in [0.4, 0.5) is 0 Å². The van der Waals surface area contributed by atoms with Crippen LogP contribution in [-0.2, 0) is 0 Å². The number of aromatic nitrogens is 1. The second-order valence-corrected chi connectivity index (χ2v) is 4.87. The smallest absolute Gasteiger partial charge is 0.0977 e. The van der Waals surface area contributed by atoms with Crippen LogP contribution in [-0.4, -0.2) is 10.1 Å². The van der Waals surface area contributed by atoms with Gasteiger partial charge in [-0.3, -0.25) is 4.98 Å². The number of hydrogen-bond donors (Lipinski definition) is 1. The van der Waals surface area contributed by atoms with Gasteiger partial charge in [0.15, 0.2) is 0 Å². The predicted octanol–water partition coefficient (Wildman–Crippen LogP) is 2.98. The average molecular weight is 230 g/mol. The molecule has 1 saturated carbocycles. The van der Waals surface area contributed by atoms with Crippen molar-refractivity contribution in [1.29, 1.82) is 5.26 Å². The van der Waals surface area contributed by atoms with Gasteiger partial charge in [-0.15, -0.1) is 0 Å². The van der Waals surface area contributed by atoms with E-state index in [1.165, 1.54) is 12.8 Å². The molecule has 3 heteroatoms. The predicted molar refractivity (Wildman–Crippen MR) is 64.9 cm³/mol. The highest BCUT2D eigenvalue weighted by Crippen LogP contribution is 2.44. The molecule has 0 spiro atoms. The van der Waals surface area contributed by atoms with Crippen LogP contribution in [0.15, 0.2) is 24.5 Å². The molecule has 1 aliphatic rings. The number of aliphatic hydroxyl groups excluding tert-OH is 1. The summed E-state index contributed by atoms with van der Waals surface area (Å²) in [5.74, 6) is 0. The van der Waals surface area contributed by atoms with Gasteiger partial charge in [0, 0.05) is 12.4 Å². The Morgan fingerprint density at radius 2 is 1.76 bits per heavy atom. The number of aliphatic hydroxyl groups is 1. The highest BCUT2D eigenvalue weighted by atomic mass is 16.3. The minimum atomic E-state index is -0.686. The van der Waals surface area contributed by atoms with E-state index >= 15 is 0 Å². The Bertz CT molecular complexity index is 388. The van der Waals surface area contributed by atoms with Gasteiger partial charge < -0.3 is 5.11 Å². The standard InChI is InChI=1S/C14H18N2O/c15-11-14(7-3-1-2-4-8-14)13(17)12-5-9-16-10-6-12/h5-6,9-10,13,17H,1-4,7-8H2. The molecule has 1 atom stereocenters. The van der Waals surface area contributed by atoms with Crippen molar-refractivity contribution in [3.05, 3.63) is 30.1 Å². The number of nitriles is 1. The topological polar surface area (TPSA) is 56.9 Å². The van der Waals surface area contributed by atoms with E-state index in [1.54, 1.807) is 24.5 Å². The molecule has 0 aromatic carbocycles. The third-order valence-corrected chi connectivity index (χ3v) is 3.76. The van der Waals surface area contributed by atoms with Crippen LogP contribution in [0.3, 0.4) is 0 Å². The zero-order chi connectivity index (χ0) is 12.1. The molecular formula is C14H18N2O. The maximum atomic E-state index is 10.5. The van der Waals surface area contributed by atoms with Crippen LogP contribution >= 0.6 is 0 Å². The van der Waals surface area contributed by atoms with Crippen molar-refractivity contribution >= 4 is 0 Å². The van der Waals surface area contributed by atoms with Crippen LogP contribution in [0.25, 0.3) is 0 Å². The number of pyridine rings is 1. The Balaban J connectivity index is 2.25. The highest BCUT2D eigenvalue weighted by Gasteiger charge is 2.39. The van der Waals surface area contributed by atoms with Crippen molar-refractivity contribution in [3.63, 3.8) is 0 Å². The lowest BCUT2D eigenvalue weighted by Crippen LogP contribution is -2.27. The normalized spacial score (nSPS) is 21.2. The van der Waals surface area contributed by atoms with Gasteiger partial charge in [0.2, 0.25) is 0 Å². The number of rotatable bonds is 2. The molecule has 1 aromatic rings. The summed E-state index contributed by atoms with van der Waals surface area (Å²) in [5, 5.41) is 19.9. The van der Waals surface area contributed by atoms with Gasteiger partial charge >= 0.3 is 0 Å². The Morgan fingerprint density at radius 1 is 1.18 bits per heavy atom. The van der Waals surface area contributed by atoms with E-state index in [1.807, 2.05) is 0 Å². The van der Waals surface area contributed by atoms with Crippen molar-refractivity contribution in [2.75, 3.05) is 0 Å². The molecule has 2 rings (SSSR count). The first-order valence-electron chi connectivity index (χ1n) is 6.28. The molecule has 1 aliphatic carbocycles. The zero-order valence-corrected chi connectivity index (χ0v) is 9.97. The summed E-state index contributed by atoms with van der Waals surface area (Å²) in [6.07, 6.45) is 8.67. The largest absolute Gasteiger partial charge is 0.387 e. The Labute approximate surface area is 102 Å². The third-order valence-electron chi connectivity index (χ3n) is 3.76. The van der Waals surface area contributed by atoms with Gasteiger partial charge in [-0.25, -0.2) is 0 Å². The monoisotopic (exact) mass is 230 g/mol. The molecule has 0 aliphatic heterocycles. The maximum Gasteiger partial charge on any atom is 0.0977 e.